The average Bonchev–Trinajstić information content (AvgIpc) is 2.03. The van der Waals surface area contributed by atoms with Crippen molar-refractivity contribution in [2.24, 2.45) is 0 Å². The van der Waals surface area contributed by atoms with E-state index < -0.39 is 5.97 Å². The molecular weight excluding hydrogens is 183 g/mol. The fourth-order valence-corrected chi connectivity index (χ4v) is 0.583. The Hall–Kier alpha value is 0.126. The van der Waals surface area contributed by atoms with Gasteiger partial charge >= 0.3 is 57.4 Å². The van der Waals surface area contributed by atoms with Gasteiger partial charge < -0.3 is 1.43 Å². The van der Waals surface area contributed by atoms with Crippen molar-refractivity contribution in [3.8, 4) is 5.75 Å². The van der Waals surface area contributed by atoms with Crippen molar-refractivity contribution in [3.05, 3.63) is 30.3 Å². The van der Waals surface area contributed by atoms with Crippen molar-refractivity contribution in [1.29, 1.82) is 0 Å². The van der Waals surface area contributed by atoms with Crippen LogP contribution in [0, 0.1) is 0 Å². The minimum absolute atomic E-state index is 0. The maximum absolute atomic E-state index is 10.3. The van der Waals surface area contributed by atoms with Gasteiger partial charge in [-0.15, -0.1) is 0 Å². The summed E-state index contributed by atoms with van der Waals surface area (Å²) in [5, 5.41) is 0. The molecule has 0 aromatic heterocycles. The first-order chi connectivity index (χ1) is 5.29. The Morgan fingerprint density at radius 1 is 1.33 bits per heavy atom. The first-order valence-electron chi connectivity index (χ1n) is 3.19. The second kappa shape index (κ2) is 6.62. The molecule has 0 saturated carbocycles. The van der Waals surface area contributed by atoms with E-state index in [-0.39, 0.29) is 52.8 Å². The first kappa shape index (κ1) is 12.1. The number of carbonyl (C=O) groups excluding carboxylic acids is 1. The number of para-hydroxylation sites is 1. The third-order valence-electron chi connectivity index (χ3n) is 0.998. The van der Waals surface area contributed by atoms with Gasteiger partial charge in [-0.3, -0.25) is 9.78 Å². The quantitative estimate of drug-likeness (QED) is 0.330. The van der Waals surface area contributed by atoms with Gasteiger partial charge in [-0.05, 0) is 12.1 Å². The Balaban J connectivity index is 0. The van der Waals surface area contributed by atoms with E-state index in [4.69, 9.17) is 0 Å². The molecule has 0 atom stereocenters. The summed E-state index contributed by atoms with van der Waals surface area (Å²) in [6.45, 7) is 1.28. The van der Waals surface area contributed by atoms with Crippen LogP contribution in [0.3, 0.4) is 0 Å². The molecule has 0 heterocycles. The van der Waals surface area contributed by atoms with Crippen LogP contribution in [-0.2, 0) is 9.68 Å². The van der Waals surface area contributed by atoms with Gasteiger partial charge in [0.2, 0.25) is 0 Å². The normalized spacial score (nSPS) is 8.08. The summed E-state index contributed by atoms with van der Waals surface area (Å²) in [4.78, 5) is 19.2. The summed E-state index contributed by atoms with van der Waals surface area (Å²) in [7, 11) is 0. The maximum Gasteiger partial charge on any atom is 1.00 e. The van der Waals surface area contributed by atoms with Crippen LogP contribution in [0.15, 0.2) is 30.3 Å². The number of hydrogen-bond donors (Lipinski definition) is 0. The molecule has 0 fully saturated rings. The zero-order valence-electron chi connectivity index (χ0n) is 8.11. The summed E-state index contributed by atoms with van der Waals surface area (Å²) in [5.41, 5.74) is 0. The van der Waals surface area contributed by atoms with Crippen molar-refractivity contribution in [1.82, 2.24) is 0 Å². The van der Waals surface area contributed by atoms with Gasteiger partial charge in [0.15, 0.2) is 5.75 Å². The van der Waals surface area contributed by atoms with E-state index in [0.717, 1.165) is 0 Å². The average molecular weight is 192 g/mol. The summed E-state index contributed by atoms with van der Waals surface area (Å²) in [6, 6.07) is 8.82. The predicted octanol–water partition coefficient (Wildman–Crippen LogP) is -1.34. The molecule has 0 bridgehead atoms. The van der Waals surface area contributed by atoms with Crippen LogP contribution in [-0.4, -0.2) is 5.97 Å². The molecule has 3 nitrogen and oxygen atoms in total. The Labute approximate surface area is 115 Å². The van der Waals surface area contributed by atoms with E-state index >= 15 is 0 Å². The van der Waals surface area contributed by atoms with E-state index in [1.54, 1.807) is 24.3 Å². The Bertz CT molecular complexity index is 240. The Morgan fingerprint density at radius 2 is 1.92 bits per heavy atom. The van der Waals surface area contributed by atoms with Crippen molar-refractivity contribution in [2.45, 2.75) is 6.92 Å². The SMILES string of the molecule is CC(=O)OOc1ccccc1.[H-].[K+]. The fourth-order valence-electron chi connectivity index (χ4n) is 0.583. The first-order valence-corrected chi connectivity index (χ1v) is 3.19. The summed E-state index contributed by atoms with van der Waals surface area (Å²) in [5.74, 6) is 0.0524. The molecule has 0 N–H and O–H groups in total. The summed E-state index contributed by atoms with van der Waals surface area (Å²) in [6.07, 6.45) is 0. The van der Waals surface area contributed by atoms with E-state index in [2.05, 4.69) is 9.78 Å². The minimum Gasteiger partial charge on any atom is -1.00 e. The number of rotatable bonds is 2. The molecule has 12 heavy (non-hydrogen) atoms. The Kier molecular flexibility index (Phi) is 6.69. The van der Waals surface area contributed by atoms with Crippen LogP contribution in [0.1, 0.15) is 8.35 Å². The zero-order chi connectivity index (χ0) is 8.10. The summed E-state index contributed by atoms with van der Waals surface area (Å²) < 4.78 is 0. The molecule has 1 rings (SSSR count). The predicted molar refractivity (Wildman–Crippen MR) is 39.9 cm³/mol. The standard InChI is InChI=1S/C8H8O3.K.H/c1-7(9)10-11-8-5-3-2-4-6-8;;/h2-6H,1H3;;/q;+1;-1. The van der Waals surface area contributed by atoms with Gasteiger partial charge in [-0.1, -0.05) is 18.2 Å². The van der Waals surface area contributed by atoms with E-state index in [9.17, 15) is 4.79 Å². The van der Waals surface area contributed by atoms with Crippen LogP contribution in [0.25, 0.3) is 0 Å². The topological polar surface area (TPSA) is 35.5 Å². The van der Waals surface area contributed by atoms with Crippen molar-refractivity contribution in [2.75, 3.05) is 0 Å². The van der Waals surface area contributed by atoms with E-state index in [1.165, 1.54) is 6.92 Å². The smallest absolute Gasteiger partial charge is 1.00 e. The van der Waals surface area contributed by atoms with Crippen molar-refractivity contribution in [3.63, 3.8) is 0 Å². The molecule has 0 saturated heterocycles. The molecule has 0 aliphatic carbocycles. The molecule has 0 radical (unpaired) electrons. The Morgan fingerprint density at radius 3 is 2.42 bits per heavy atom. The van der Waals surface area contributed by atoms with Crippen LogP contribution in [0.4, 0.5) is 0 Å². The molecule has 0 aliphatic heterocycles. The molecule has 1 aromatic rings. The number of carbonyl (C=O) groups is 1. The van der Waals surface area contributed by atoms with Gasteiger partial charge in [0.1, 0.15) is 0 Å². The molecule has 0 aliphatic rings. The van der Waals surface area contributed by atoms with Gasteiger partial charge in [0, 0.05) is 6.92 Å². The number of hydrogen-bond acceptors (Lipinski definition) is 3. The van der Waals surface area contributed by atoms with E-state index in [1.807, 2.05) is 6.07 Å². The van der Waals surface area contributed by atoms with Gasteiger partial charge in [-0.2, -0.15) is 0 Å². The van der Waals surface area contributed by atoms with Crippen LogP contribution in [0.2, 0.25) is 0 Å². The molecule has 4 heteroatoms. The van der Waals surface area contributed by atoms with Crippen molar-refractivity contribution < 1.29 is 67.4 Å². The van der Waals surface area contributed by atoms with Gasteiger partial charge in [0.05, 0.1) is 0 Å². The third kappa shape index (κ3) is 4.90. The van der Waals surface area contributed by atoms with E-state index in [0.29, 0.717) is 5.75 Å². The third-order valence-corrected chi connectivity index (χ3v) is 0.998. The van der Waals surface area contributed by atoms with Crippen molar-refractivity contribution >= 4 is 5.97 Å². The second-order valence-corrected chi connectivity index (χ2v) is 1.97. The molecule has 0 amide bonds. The molecule has 0 unspecified atom stereocenters. The zero-order valence-corrected chi connectivity index (χ0v) is 10.2. The van der Waals surface area contributed by atoms with Gasteiger partial charge in [0.25, 0.3) is 0 Å². The van der Waals surface area contributed by atoms with Crippen LogP contribution in [0.5, 0.6) is 5.75 Å². The molecule has 1 aromatic carbocycles. The molecular formula is C8H9KO3. The minimum atomic E-state index is -0.464. The van der Waals surface area contributed by atoms with Crippen LogP contribution >= 0.6 is 0 Å². The monoisotopic (exact) mass is 192 g/mol. The van der Waals surface area contributed by atoms with Crippen LogP contribution < -0.4 is 56.3 Å². The van der Waals surface area contributed by atoms with Gasteiger partial charge in [-0.25, -0.2) is 4.79 Å². The molecule has 0 spiro atoms. The maximum atomic E-state index is 10.3. The fraction of sp³-hybridized carbons (Fsp3) is 0.125. The number of benzene rings is 1. The second-order valence-electron chi connectivity index (χ2n) is 1.97. The molecule has 60 valence electrons. The summed E-state index contributed by atoms with van der Waals surface area (Å²) >= 11 is 0. The largest absolute Gasteiger partial charge is 1.00 e.